The topological polar surface area (TPSA) is 43.4 Å². The Hall–Kier alpha value is -0.960. The summed E-state index contributed by atoms with van der Waals surface area (Å²) in [6, 6.07) is 0. The van der Waals surface area contributed by atoms with Crippen molar-refractivity contribution in [3.8, 4) is 0 Å². The van der Waals surface area contributed by atoms with Crippen LogP contribution in [0.4, 0.5) is 0 Å². The van der Waals surface area contributed by atoms with Crippen molar-refractivity contribution in [3.63, 3.8) is 0 Å². The van der Waals surface area contributed by atoms with Crippen molar-refractivity contribution in [1.82, 2.24) is 0 Å². The Morgan fingerprint density at radius 2 is 2.00 bits per heavy atom. The predicted octanol–water partition coefficient (Wildman–Crippen LogP) is 0.347. The Balaban J connectivity index is 2.53. The van der Waals surface area contributed by atoms with Gasteiger partial charge in [-0.1, -0.05) is 6.58 Å². The van der Waals surface area contributed by atoms with E-state index < -0.39 is 5.78 Å². The molecule has 1 aliphatic rings. The van der Waals surface area contributed by atoms with Gasteiger partial charge in [-0.2, -0.15) is 0 Å². The van der Waals surface area contributed by atoms with E-state index in [1.165, 1.54) is 0 Å². The molecule has 3 nitrogen and oxygen atoms in total. The average molecular weight is 154 g/mol. The highest BCUT2D eigenvalue weighted by Crippen LogP contribution is 2.12. The molecular weight excluding hydrogens is 144 g/mol. The summed E-state index contributed by atoms with van der Waals surface area (Å²) in [6.45, 7) is 5.72. The van der Waals surface area contributed by atoms with Crippen LogP contribution in [0, 0.1) is 5.92 Å². The molecule has 0 aliphatic carbocycles. The molecule has 0 saturated carbocycles. The van der Waals surface area contributed by atoms with E-state index in [-0.39, 0.29) is 11.7 Å². The summed E-state index contributed by atoms with van der Waals surface area (Å²) in [4.78, 5) is 22.0. The van der Waals surface area contributed by atoms with Crippen molar-refractivity contribution < 1.29 is 14.3 Å². The smallest absolute Gasteiger partial charge is 0.224 e. The molecule has 0 aromatic rings. The number of rotatable bonds is 3. The van der Waals surface area contributed by atoms with Crippen LogP contribution in [-0.4, -0.2) is 24.8 Å². The second kappa shape index (κ2) is 2.96. The fraction of sp³-hybridized carbons (Fsp3) is 0.500. The second-order valence-electron chi connectivity index (χ2n) is 2.71. The van der Waals surface area contributed by atoms with Crippen molar-refractivity contribution in [1.29, 1.82) is 0 Å². The molecule has 0 bridgehead atoms. The first-order chi connectivity index (χ1) is 5.13. The molecule has 1 saturated heterocycles. The van der Waals surface area contributed by atoms with Gasteiger partial charge in [0.25, 0.3) is 0 Å². The number of allylic oxidation sites excluding steroid dienone is 1. The zero-order valence-electron chi connectivity index (χ0n) is 6.42. The molecule has 11 heavy (non-hydrogen) atoms. The van der Waals surface area contributed by atoms with Crippen molar-refractivity contribution in [2.24, 2.45) is 5.92 Å². The zero-order chi connectivity index (χ0) is 8.43. The molecule has 0 aromatic heterocycles. The van der Waals surface area contributed by atoms with Gasteiger partial charge in [0.2, 0.25) is 11.6 Å². The molecule has 1 aliphatic heterocycles. The highest BCUT2D eigenvalue weighted by atomic mass is 16.5. The third-order valence-electron chi connectivity index (χ3n) is 1.62. The maximum Gasteiger partial charge on any atom is 0.224 e. The number of hydrogen-bond acceptors (Lipinski definition) is 3. The maximum absolute atomic E-state index is 11.1. The lowest BCUT2D eigenvalue weighted by molar-refractivity contribution is -0.146. The average Bonchev–Trinajstić information content (AvgIpc) is 1.82. The van der Waals surface area contributed by atoms with Crippen LogP contribution in [-0.2, 0) is 14.3 Å². The number of Topliss-reactive ketones (excluding diaryl/α,β-unsaturated/α-hetero) is 2. The Kier molecular flexibility index (Phi) is 2.19. The van der Waals surface area contributed by atoms with Crippen LogP contribution in [0.1, 0.15) is 6.92 Å². The maximum atomic E-state index is 11.1. The van der Waals surface area contributed by atoms with Crippen LogP contribution in [0.25, 0.3) is 0 Å². The van der Waals surface area contributed by atoms with E-state index >= 15 is 0 Å². The van der Waals surface area contributed by atoms with Crippen LogP contribution in [0.2, 0.25) is 0 Å². The highest BCUT2D eigenvalue weighted by Gasteiger charge is 2.31. The summed E-state index contributed by atoms with van der Waals surface area (Å²) >= 11 is 0. The number of ketones is 2. The minimum absolute atomic E-state index is 0.209. The Morgan fingerprint density at radius 1 is 1.45 bits per heavy atom. The van der Waals surface area contributed by atoms with E-state index in [0.717, 1.165) is 0 Å². The monoisotopic (exact) mass is 154 g/mol. The van der Waals surface area contributed by atoms with Gasteiger partial charge in [-0.25, -0.2) is 0 Å². The first-order valence-electron chi connectivity index (χ1n) is 3.44. The Bertz CT molecular complexity index is 213. The summed E-state index contributed by atoms with van der Waals surface area (Å²) < 4.78 is 4.78. The third-order valence-corrected chi connectivity index (χ3v) is 1.62. The van der Waals surface area contributed by atoms with Crippen LogP contribution in [0.15, 0.2) is 12.2 Å². The summed E-state index contributed by atoms with van der Waals surface area (Å²) in [5, 5.41) is 0. The molecular formula is C8H10O3. The molecule has 0 N–H and O–H groups in total. The Morgan fingerprint density at radius 3 is 2.27 bits per heavy atom. The van der Waals surface area contributed by atoms with Gasteiger partial charge in [-0.05, 0) is 12.5 Å². The lowest BCUT2D eigenvalue weighted by Crippen LogP contribution is -2.38. The van der Waals surface area contributed by atoms with Crippen LogP contribution < -0.4 is 0 Å². The van der Waals surface area contributed by atoms with Crippen LogP contribution in [0.3, 0.4) is 0 Å². The largest absolute Gasteiger partial charge is 0.380 e. The molecule has 0 aromatic carbocycles. The highest BCUT2D eigenvalue weighted by molar-refractivity contribution is 6.44. The summed E-state index contributed by atoms with van der Waals surface area (Å²) in [5.41, 5.74) is 0.307. The van der Waals surface area contributed by atoms with Crippen molar-refractivity contribution >= 4 is 11.6 Å². The van der Waals surface area contributed by atoms with E-state index in [1.54, 1.807) is 6.92 Å². The van der Waals surface area contributed by atoms with Gasteiger partial charge in [0.05, 0.1) is 19.1 Å². The normalized spacial score (nSPS) is 17.2. The molecule has 0 spiro atoms. The molecule has 1 fully saturated rings. The van der Waals surface area contributed by atoms with E-state index in [4.69, 9.17) is 4.74 Å². The molecule has 3 heteroatoms. The summed E-state index contributed by atoms with van der Waals surface area (Å²) in [5.74, 6) is -1.03. The predicted molar refractivity (Wildman–Crippen MR) is 39.1 cm³/mol. The molecule has 1 rings (SSSR count). The fourth-order valence-corrected chi connectivity index (χ4v) is 0.783. The number of carbonyl (C=O) groups excluding carboxylic acids is 2. The summed E-state index contributed by atoms with van der Waals surface area (Å²) in [7, 11) is 0. The van der Waals surface area contributed by atoms with Crippen LogP contribution >= 0.6 is 0 Å². The fourth-order valence-electron chi connectivity index (χ4n) is 0.783. The van der Waals surface area contributed by atoms with Gasteiger partial charge in [0.1, 0.15) is 0 Å². The van der Waals surface area contributed by atoms with Gasteiger partial charge in [-0.3, -0.25) is 9.59 Å². The van der Waals surface area contributed by atoms with Crippen molar-refractivity contribution in [2.45, 2.75) is 6.92 Å². The molecule has 0 amide bonds. The van der Waals surface area contributed by atoms with E-state index in [1.807, 2.05) is 0 Å². The molecule has 0 atom stereocenters. The molecule has 1 heterocycles. The molecule has 0 unspecified atom stereocenters. The first-order valence-corrected chi connectivity index (χ1v) is 3.44. The molecule has 60 valence electrons. The van der Waals surface area contributed by atoms with E-state index in [0.29, 0.717) is 18.8 Å². The van der Waals surface area contributed by atoms with Gasteiger partial charge < -0.3 is 4.74 Å². The zero-order valence-corrected chi connectivity index (χ0v) is 6.42. The van der Waals surface area contributed by atoms with Gasteiger partial charge in [0.15, 0.2) is 0 Å². The van der Waals surface area contributed by atoms with Gasteiger partial charge in [-0.15, -0.1) is 0 Å². The van der Waals surface area contributed by atoms with E-state index in [9.17, 15) is 9.59 Å². The number of hydrogen-bond donors (Lipinski definition) is 0. The standard InChI is InChI=1S/C8H10O3/c1-5(2)7(9)8(10)6-3-11-4-6/h6H,1,3-4H2,2H3. The first kappa shape index (κ1) is 8.14. The second-order valence-corrected chi connectivity index (χ2v) is 2.71. The lowest BCUT2D eigenvalue weighted by Gasteiger charge is -2.23. The number of carbonyl (C=O) groups is 2. The summed E-state index contributed by atoms with van der Waals surface area (Å²) in [6.07, 6.45) is 0. The van der Waals surface area contributed by atoms with Gasteiger partial charge in [0, 0.05) is 0 Å². The van der Waals surface area contributed by atoms with Crippen molar-refractivity contribution in [3.05, 3.63) is 12.2 Å². The minimum atomic E-state index is -0.460. The Labute approximate surface area is 65.0 Å². The minimum Gasteiger partial charge on any atom is -0.380 e. The quantitative estimate of drug-likeness (QED) is 0.435. The third kappa shape index (κ3) is 1.54. The van der Waals surface area contributed by atoms with Gasteiger partial charge >= 0.3 is 0 Å². The van der Waals surface area contributed by atoms with Crippen molar-refractivity contribution in [2.75, 3.05) is 13.2 Å². The SMILES string of the molecule is C=C(C)C(=O)C(=O)C1COC1. The van der Waals surface area contributed by atoms with E-state index in [2.05, 4.69) is 6.58 Å². The molecule has 0 radical (unpaired) electrons. The number of ether oxygens (including phenoxy) is 1. The lowest BCUT2D eigenvalue weighted by atomic mass is 9.96. The van der Waals surface area contributed by atoms with Crippen LogP contribution in [0.5, 0.6) is 0 Å².